The minimum absolute atomic E-state index is 0.347. The molecule has 0 saturated heterocycles. The normalized spacial score (nSPS) is 10.7. The highest BCUT2D eigenvalue weighted by Crippen LogP contribution is 2.19. The Morgan fingerprint density at radius 3 is 2.39 bits per heavy atom. The standard InChI is InChI=1S/C14H23N3O/c1-16(2)9-5-6-11-10-12(17(3)4)7-8-13(11)14(15)18/h7-8,10H,5-6,9H2,1-4H3,(H2,15,18). The summed E-state index contributed by atoms with van der Waals surface area (Å²) < 4.78 is 0. The number of hydrogen-bond donors (Lipinski definition) is 1. The first-order valence-corrected chi connectivity index (χ1v) is 6.16. The molecule has 0 atom stereocenters. The Morgan fingerprint density at radius 1 is 1.22 bits per heavy atom. The predicted molar refractivity (Wildman–Crippen MR) is 76.2 cm³/mol. The molecule has 0 heterocycles. The van der Waals surface area contributed by atoms with Crippen LogP contribution < -0.4 is 10.6 Å². The van der Waals surface area contributed by atoms with E-state index < -0.39 is 0 Å². The summed E-state index contributed by atoms with van der Waals surface area (Å²) in [6, 6.07) is 5.80. The van der Waals surface area contributed by atoms with Crippen LogP contribution in [-0.2, 0) is 6.42 Å². The van der Waals surface area contributed by atoms with E-state index in [-0.39, 0.29) is 5.91 Å². The van der Waals surface area contributed by atoms with Gasteiger partial charge in [0.05, 0.1) is 0 Å². The minimum Gasteiger partial charge on any atom is -0.378 e. The molecule has 1 aromatic carbocycles. The zero-order valence-electron chi connectivity index (χ0n) is 11.7. The van der Waals surface area contributed by atoms with E-state index in [9.17, 15) is 4.79 Å². The number of carbonyl (C=O) groups is 1. The molecule has 4 heteroatoms. The average molecular weight is 249 g/mol. The molecule has 0 bridgehead atoms. The molecule has 1 aromatic rings. The number of carbonyl (C=O) groups excluding carboxylic acids is 1. The first-order chi connectivity index (χ1) is 8.41. The Balaban J connectivity index is 2.89. The molecule has 4 nitrogen and oxygen atoms in total. The monoisotopic (exact) mass is 249 g/mol. The molecule has 2 N–H and O–H groups in total. The van der Waals surface area contributed by atoms with E-state index in [1.54, 1.807) is 0 Å². The second kappa shape index (κ2) is 6.40. The first kappa shape index (κ1) is 14.5. The molecule has 0 spiro atoms. The van der Waals surface area contributed by atoms with Crippen molar-refractivity contribution in [1.82, 2.24) is 4.90 Å². The highest BCUT2D eigenvalue weighted by molar-refractivity contribution is 5.94. The van der Waals surface area contributed by atoms with Crippen molar-refractivity contribution in [3.63, 3.8) is 0 Å². The molecule has 0 aliphatic heterocycles. The van der Waals surface area contributed by atoms with Crippen LogP contribution in [0.5, 0.6) is 0 Å². The summed E-state index contributed by atoms with van der Waals surface area (Å²) in [5.41, 5.74) is 8.18. The quantitative estimate of drug-likeness (QED) is 0.828. The van der Waals surface area contributed by atoms with E-state index in [2.05, 4.69) is 11.0 Å². The van der Waals surface area contributed by atoms with Crippen LogP contribution in [0.2, 0.25) is 0 Å². The van der Waals surface area contributed by atoms with Crippen molar-refractivity contribution in [2.45, 2.75) is 12.8 Å². The van der Waals surface area contributed by atoms with Crippen LogP contribution in [0.1, 0.15) is 22.3 Å². The SMILES string of the molecule is CN(C)CCCc1cc(N(C)C)ccc1C(N)=O. The maximum absolute atomic E-state index is 11.4. The Labute approximate surface area is 109 Å². The summed E-state index contributed by atoms with van der Waals surface area (Å²) in [4.78, 5) is 15.6. The van der Waals surface area contributed by atoms with Crippen molar-refractivity contribution in [3.05, 3.63) is 29.3 Å². The molecule has 1 rings (SSSR count). The van der Waals surface area contributed by atoms with Gasteiger partial charge in [-0.2, -0.15) is 0 Å². The van der Waals surface area contributed by atoms with E-state index in [0.717, 1.165) is 30.6 Å². The van der Waals surface area contributed by atoms with E-state index in [1.165, 1.54) is 0 Å². The third kappa shape index (κ3) is 4.04. The van der Waals surface area contributed by atoms with E-state index in [1.807, 2.05) is 45.2 Å². The van der Waals surface area contributed by atoms with E-state index in [0.29, 0.717) is 5.56 Å². The maximum Gasteiger partial charge on any atom is 0.248 e. The summed E-state index contributed by atoms with van der Waals surface area (Å²) in [6.45, 7) is 1.00. The number of nitrogens with zero attached hydrogens (tertiary/aromatic N) is 2. The number of rotatable bonds is 6. The molecule has 18 heavy (non-hydrogen) atoms. The van der Waals surface area contributed by atoms with Crippen molar-refractivity contribution >= 4 is 11.6 Å². The van der Waals surface area contributed by atoms with Crippen LogP contribution in [0, 0.1) is 0 Å². The van der Waals surface area contributed by atoms with Crippen LogP contribution in [-0.4, -0.2) is 45.5 Å². The smallest absolute Gasteiger partial charge is 0.248 e. The van der Waals surface area contributed by atoms with Gasteiger partial charge >= 0.3 is 0 Å². The molecular weight excluding hydrogens is 226 g/mol. The van der Waals surface area contributed by atoms with Gasteiger partial charge in [0.2, 0.25) is 5.91 Å². The number of aryl methyl sites for hydroxylation is 1. The molecule has 0 aliphatic carbocycles. The van der Waals surface area contributed by atoms with Gasteiger partial charge in [0.15, 0.2) is 0 Å². The number of nitrogens with two attached hydrogens (primary N) is 1. The number of primary amides is 1. The van der Waals surface area contributed by atoms with Gasteiger partial charge in [0.1, 0.15) is 0 Å². The Bertz CT molecular complexity index is 414. The van der Waals surface area contributed by atoms with Gasteiger partial charge in [-0.1, -0.05) is 0 Å². The molecule has 0 radical (unpaired) electrons. The number of anilines is 1. The fraction of sp³-hybridized carbons (Fsp3) is 0.500. The summed E-state index contributed by atoms with van der Waals surface area (Å²) >= 11 is 0. The fourth-order valence-electron chi connectivity index (χ4n) is 1.89. The van der Waals surface area contributed by atoms with Crippen molar-refractivity contribution in [3.8, 4) is 0 Å². The molecule has 0 aliphatic rings. The number of amides is 1. The molecule has 0 aromatic heterocycles. The second-order valence-electron chi connectivity index (χ2n) is 5.01. The van der Waals surface area contributed by atoms with Crippen LogP contribution in [0.4, 0.5) is 5.69 Å². The molecule has 0 fully saturated rings. The summed E-state index contributed by atoms with van der Waals surface area (Å²) in [7, 11) is 8.07. The van der Waals surface area contributed by atoms with Crippen molar-refractivity contribution < 1.29 is 4.79 Å². The molecule has 0 unspecified atom stereocenters. The van der Waals surface area contributed by atoms with Gasteiger partial charge in [-0.15, -0.1) is 0 Å². The predicted octanol–water partition coefficient (Wildman–Crippen LogP) is 1.35. The highest BCUT2D eigenvalue weighted by atomic mass is 16.1. The Kier molecular flexibility index (Phi) is 5.16. The van der Waals surface area contributed by atoms with Crippen molar-refractivity contribution in [2.75, 3.05) is 39.6 Å². The van der Waals surface area contributed by atoms with Crippen LogP contribution in [0.15, 0.2) is 18.2 Å². The lowest BCUT2D eigenvalue weighted by Gasteiger charge is -2.16. The molecular formula is C14H23N3O. The Hall–Kier alpha value is -1.55. The van der Waals surface area contributed by atoms with Crippen molar-refractivity contribution in [1.29, 1.82) is 0 Å². The summed E-state index contributed by atoms with van der Waals surface area (Å²) in [6.07, 6.45) is 1.89. The van der Waals surface area contributed by atoms with Crippen molar-refractivity contribution in [2.24, 2.45) is 5.73 Å². The zero-order valence-corrected chi connectivity index (χ0v) is 11.7. The van der Waals surface area contributed by atoms with E-state index >= 15 is 0 Å². The van der Waals surface area contributed by atoms with Crippen LogP contribution >= 0.6 is 0 Å². The highest BCUT2D eigenvalue weighted by Gasteiger charge is 2.09. The van der Waals surface area contributed by atoms with Gasteiger partial charge in [-0.25, -0.2) is 0 Å². The molecule has 1 amide bonds. The lowest BCUT2D eigenvalue weighted by atomic mass is 10.0. The minimum atomic E-state index is -0.347. The van der Waals surface area contributed by atoms with Gasteiger partial charge in [0.25, 0.3) is 0 Å². The number of benzene rings is 1. The van der Waals surface area contributed by atoms with Gasteiger partial charge in [-0.05, 0) is 57.2 Å². The topological polar surface area (TPSA) is 49.6 Å². The lowest BCUT2D eigenvalue weighted by Crippen LogP contribution is -2.17. The summed E-state index contributed by atoms with van der Waals surface area (Å²) in [5.74, 6) is -0.347. The zero-order chi connectivity index (χ0) is 13.7. The third-order valence-electron chi connectivity index (χ3n) is 2.92. The number of hydrogen-bond acceptors (Lipinski definition) is 3. The van der Waals surface area contributed by atoms with Gasteiger partial charge in [0, 0.05) is 25.3 Å². The fourth-order valence-corrected chi connectivity index (χ4v) is 1.89. The first-order valence-electron chi connectivity index (χ1n) is 6.16. The van der Waals surface area contributed by atoms with Gasteiger partial charge in [-0.3, -0.25) is 4.79 Å². The molecule has 0 saturated carbocycles. The largest absolute Gasteiger partial charge is 0.378 e. The lowest BCUT2D eigenvalue weighted by molar-refractivity contribution is 0.0999. The summed E-state index contributed by atoms with van der Waals surface area (Å²) in [5, 5.41) is 0. The van der Waals surface area contributed by atoms with Crippen LogP contribution in [0.25, 0.3) is 0 Å². The van der Waals surface area contributed by atoms with Crippen LogP contribution in [0.3, 0.4) is 0 Å². The average Bonchev–Trinajstić information content (AvgIpc) is 2.27. The van der Waals surface area contributed by atoms with E-state index in [4.69, 9.17) is 5.73 Å². The van der Waals surface area contributed by atoms with Gasteiger partial charge < -0.3 is 15.5 Å². The third-order valence-corrected chi connectivity index (χ3v) is 2.92. The molecule has 100 valence electrons. The Morgan fingerprint density at radius 2 is 1.89 bits per heavy atom. The second-order valence-corrected chi connectivity index (χ2v) is 5.01. The maximum atomic E-state index is 11.4.